The van der Waals surface area contributed by atoms with E-state index in [0.717, 1.165) is 25.9 Å². The number of carbonyl (C=O) groups is 2. The number of nitrogens with one attached hydrogen (secondary N) is 1. The van der Waals surface area contributed by atoms with E-state index in [4.69, 9.17) is 4.74 Å². The van der Waals surface area contributed by atoms with E-state index in [1.165, 1.54) is 6.92 Å². The predicted molar refractivity (Wildman–Crippen MR) is 92.4 cm³/mol. The lowest BCUT2D eigenvalue weighted by Gasteiger charge is -2.34. The molecule has 1 aliphatic rings. The number of benzene rings is 1. The zero-order chi connectivity index (χ0) is 16.1. The number of nitrogens with zero attached hydrogens (tertiary/aromatic N) is 1. The summed E-state index contributed by atoms with van der Waals surface area (Å²) < 4.78 is 5.73. The summed E-state index contributed by atoms with van der Waals surface area (Å²) in [5.41, 5.74) is 0.588. The second-order valence-electron chi connectivity index (χ2n) is 5.76. The molecule has 23 heavy (non-hydrogen) atoms. The Labute approximate surface area is 143 Å². The minimum absolute atomic E-state index is 0. The number of Topliss-reactive ketones (excluding diaryl/α,β-unsaturated/α-hetero) is 1. The zero-order valence-corrected chi connectivity index (χ0v) is 14.7. The largest absolute Gasteiger partial charge is 0.481 e. The third kappa shape index (κ3) is 5.22. The average Bonchev–Trinajstić information content (AvgIpc) is 2.54. The summed E-state index contributed by atoms with van der Waals surface area (Å²) in [6.45, 7) is 4.76. The maximum atomic E-state index is 12.5. The van der Waals surface area contributed by atoms with Crippen molar-refractivity contribution in [2.45, 2.75) is 38.8 Å². The van der Waals surface area contributed by atoms with Gasteiger partial charge in [0, 0.05) is 24.7 Å². The van der Waals surface area contributed by atoms with Gasteiger partial charge in [0.15, 0.2) is 11.9 Å². The molecule has 0 spiro atoms. The maximum absolute atomic E-state index is 12.5. The van der Waals surface area contributed by atoms with Gasteiger partial charge >= 0.3 is 0 Å². The summed E-state index contributed by atoms with van der Waals surface area (Å²) >= 11 is 0. The van der Waals surface area contributed by atoms with Crippen molar-refractivity contribution in [2.24, 2.45) is 0 Å². The van der Waals surface area contributed by atoms with E-state index in [2.05, 4.69) is 5.32 Å². The fourth-order valence-corrected chi connectivity index (χ4v) is 2.71. The van der Waals surface area contributed by atoms with Crippen molar-refractivity contribution in [2.75, 3.05) is 20.1 Å². The van der Waals surface area contributed by atoms with Crippen LogP contribution >= 0.6 is 12.4 Å². The van der Waals surface area contributed by atoms with Gasteiger partial charge < -0.3 is 15.0 Å². The van der Waals surface area contributed by atoms with E-state index in [0.29, 0.717) is 17.4 Å². The van der Waals surface area contributed by atoms with Crippen molar-refractivity contribution in [1.29, 1.82) is 0 Å². The molecule has 2 rings (SSSR count). The van der Waals surface area contributed by atoms with E-state index < -0.39 is 6.10 Å². The second-order valence-corrected chi connectivity index (χ2v) is 5.76. The van der Waals surface area contributed by atoms with Gasteiger partial charge in [0.2, 0.25) is 0 Å². The fourth-order valence-electron chi connectivity index (χ4n) is 2.71. The Morgan fingerprint density at radius 2 is 2.13 bits per heavy atom. The molecular formula is C17H25ClN2O3. The van der Waals surface area contributed by atoms with Gasteiger partial charge in [0.05, 0.1) is 0 Å². The molecule has 5 nitrogen and oxygen atoms in total. The van der Waals surface area contributed by atoms with Crippen LogP contribution in [-0.4, -0.2) is 48.9 Å². The number of ether oxygens (including phenoxy) is 1. The summed E-state index contributed by atoms with van der Waals surface area (Å²) in [7, 11) is 1.92. The summed E-state index contributed by atoms with van der Waals surface area (Å²) in [5, 5.41) is 3.23. The van der Waals surface area contributed by atoms with Crippen LogP contribution in [0.15, 0.2) is 24.3 Å². The molecule has 1 aromatic carbocycles. The van der Waals surface area contributed by atoms with Crippen LogP contribution in [0.1, 0.15) is 37.0 Å². The van der Waals surface area contributed by atoms with Gasteiger partial charge in [-0.25, -0.2) is 0 Å². The van der Waals surface area contributed by atoms with E-state index in [1.807, 2.05) is 11.9 Å². The smallest absolute Gasteiger partial charge is 0.263 e. The predicted octanol–water partition coefficient (Wildman–Crippen LogP) is 2.29. The molecule has 1 heterocycles. The molecule has 0 aromatic heterocycles. The summed E-state index contributed by atoms with van der Waals surface area (Å²) in [6.07, 6.45) is 1.54. The van der Waals surface area contributed by atoms with Crippen LogP contribution in [0.5, 0.6) is 5.75 Å². The number of likely N-dealkylation sites (tertiary alicyclic amines) is 1. The van der Waals surface area contributed by atoms with Gasteiger partial charge in [-0.3, -0.25) is 9.59 Å². The van der Waals surface area contributed by atoms with Crippen LogP contribution in [0.2, 0.25) is 0 Å². The lowest BCUT2D eigenvalue weighted by atomic mass is 10.1. The van der Waals surface area contributed by atoms with E-state index in [9.17, 15) is 9.59 Å². The van der Waals surface area contributed by atoms with Crippen molar-refractivity contribution in [3.05, 3.63) is 29.8 Å². The maximum Gasteiger partial charge on any atom is 0.263 e. The Bertz CT molecular complexity index is 550. The average molecular weight is 341 g/mol. The van der Waals surface area contributed by atoms with Crippen molar-refractivity contribution < 1.29 is 14.3 Å². The summed E-state index contributed by atoms with van der Waals surface area (Å²) in [4.78, 5) is 25.7. The molecule has 1 fully saturated rings. The first-order chi connectivity index (χ1) is 10.5. The number of hydrogen-bond donors (Lipinski definition) is 1. The molecule has 2 atom stereocenters. The minimum atomic E-state index is -0.558. The number of likely N-dealkylation sites (N-methyl/N-ethyl adjacent to an activating group) is 1. The Morgan fingerprint density at radius 1 is 1.39 bits per heavy atom. The third-order valence-corrected chi connectivity index (χ3v) is 4.04. The van der Waals surface area contributed by atoms with Gasteiger partial charge in [-0.05, 0) is 45.9 Å². The zero-order valence-electron chi connectivity index (χ0n) is 13.9. The van der Waals surface area contributed by atoms with E-state index in [-0.39, 0.29) is 24.1 Å². The molecule has 1 N–H and O–H groups in total. The second kappa shape index (κ2) is 8.89. The molecule has 0 radical (unpaired) electrons. The molecule has 1 amide bonds. The highest BCUT2D eigenvalue weighted by Crippen LogP contribution is 2.17. The van der Waals surface area contributed by atoms with Gasteiger partial charge in [0.25, 0.3) is 5.91 Å². The Morgan fingerprint density at radius 3 is 2.78 bits per heavy atom. The normalized spacial score (nSPS) is 18.7. The minimum Gasteiger partial charge on any atom is -0.481 e. The SMILES string of the molecule is CNC1CCCN(C(=O)C(C)Oc2cccc(C(C)=O)c2)C1.Cl. The lowest BCUT2D eigenvalue weighted by Crippen LogP contribution is -2.50. The number of piperidine rings is 1. The van der Waals surface area contributed by atoms with Gasteiger partial charge in [0.1, 0.15) is 5.75 Å². The fraction of sp³-hybridized carbons (Fsp3) is 0.529. The monoisotopic (exact) mass is 340 g/mol. The molecule has 0 saturated carbocycles. The van der Waals surface area contributed by atoms with Gasteiger partial charge in [-0.15, -0.1) is 12.4 Å². The highest BCUT2D eigenvalue weighted by atomic mass is 35.5. The molecule has 1 saturated heterocycles. The number of halogens is 1. The van der Waals surface area contributed by atoms with Crippen LogP contribution in [0.3, 0.4) is 0 Å². The first kappa shape index (κ1) is 19.5. The summed E-state index contributed by atoms with van der Waals surface area (Å²) in [6, 6.07) is 7.30. The highest BCUT2D eigenvalue weighted by molar-refractivity contribution is 5.94. The molecule has 1 aliphatic heterocycles. The number of carbonyl (C=O) groups excluding carboxylic acids is 2. The Kier molecular flexibility index (Phi) is 7.52. The molecule has 0 aliphatic carbocycles. The number of rotatable bonds is 5. The van der Waals surface area contributed by atoms with E-state index >= 15 is 0 Å². The van der Waals surface area contributed by atoms with Crippen LogP contribution < -0.4 is 10.1 Å². The Balaban J connectivity index is 0.00000264. The Hall–Kier alpha value is -1.59. The number of ketones is 1. The molecule has 0 bridgehead atoms. The molecular weight excluding hydrogens is 316 g/mol. The number of hydrogen-bond acceptors (Lipinski definition) is 4. The van der Waals surface area contributed by atoms with Gasteiger partial charge in [-0.2, -0.15) is 0 Å². The van der Waals surface area contributed by atoms with Crippen LogP contribution in [0.4, 0.5) is 0 Å². The molecule has 6 heteroatoms. The van der Waals surface area contributed by atoms with Crippen LogP contribution in [0.25, 0.3) is 0 Å². The summed E-state index contributed by atoms with van der Waals surface area (Å²) in [5.74, 6) is 0.529. The van der Waals surface area contributed by atoms with Crippen LogP contribution in [-0.2, 0) is 4.79 Å². The van der Waals surface area contributed by atoms with Crippen molar-refractivity contribution in [3.63, 3.8) is 0 Å². The number of amides is 1. The quantitative estimate of drug-likeness (QED) is 0.835. The van der Waals surface area contributed by atoms with Gasteiger partial charge in [-0.1, -0.05) is 12.1 Å². The van der Waals surface area contributed by atoms with Crippen molar-refractivity contribution in [1.82, 2.24) is 10.2 Å². The van der Waals surface area contributed by atoms with Crippen molar-refractivity contribution >= 4 is 24.1 Å². The molecule has 128 valence electrons. The molecule has 2 unspecified atom stereocenters. The molecule has 1 aromatic rings. The van der Waals surface area contributed by atoms with Crippen molar-refractivity contribution in [3.8, 4) is 5.75 Å². The van der Waals surface area contributed by atoms with E-state index in [1.54, 1.807) is 31.2 Å². The highest BCUT2D eigenvalue weighted by Gasteiger charge is 2.27. The topological polar surface area (TPSA) is 58.6 Å². The lowest BCUT2D eigenvalue weighted by molar-refractivity contribution is -0.139. The first-order valence-electron chi connectivity index (χ1n) is 7.75. The third-order valence-electron chi connectivity index (χ3n) is 4.04. The van der Waals surface area contributed by atoms with Crippen LogP contribution in [0, 0.1) is 0 Å². The first-order valence-corrected chi connectivity index (χ1v) is 7.75. The standard InChI is InChI=1S/C17H24N2O3.ClH/c1-12(20)14-6-4-8-16(10-14)22-13(2)17(21)19-9-5-7-15(11-19)18-3;/h4,6,8,10,13,15,18H,5,7,9,11H2,1-3H3;1H.